The molecular formula is C17H15F4N5O2. The lowest BCUT2D eigenvalue weighted by Gasteiger charge is -2.13. The number of carbonyl (C=O) groups is 1. The first kappa shape index (κ1) is 19.5. The van der Waals surface area contributed by atoms with Gasteiger partial charge in [0.1, 0.15) is 11.6 Å². The van der Waals surface area contributed by atoms with Gasteiger partial charge < -0.3 is 9.84 Å². The predicted molar refractivity (Wildman–Crippen MR) is 89.9 cm³/mol. The number of hydrogen-bond donors (Lipinski definition) is 2. The zero-order chi connectivity index (χ0) is 20.7. The fraction of sp³-hybridized carbons (Fsp3) is 0.294. The van der Waals surface area contributed by atoms with E-state index < -0.39 is 29.6 Å². The molecule has 0 aliphatic heterocycles. The Labute approximate surface area is 156 Å². The Bertz CT molecular complexity index is 1020. The van der Waals surface area contributed by atoms with E-state index in [2.05, 4.69) is 30.2 Å². The van der Waals surface area contributed by atoms with Crippen LogP contribution in [-0.4, -0.2) is 26.2 Å². The molecule has 0 saturated carbocycles. The summed E-state index contributed by atoms with van der Waals surface area (Å²) in [5, 5.41) is 12.4. The minimum atomic E-state index is -4.81. The van der Waals surface area contributed by atoms with Crippen molar-refractivity contribution in [2.24, 2.45) is 0 Å². The van der Waals surface area contributed by atoms with Crippen molar-refractivity contribution in [3.63, 3.8) is 0 Å². The molecule has 148 valence electrons. The van der Waals surface area contributed by atoms with Crippen LogP contribution in [0.15, 0.2) is 28.8 Å². The average Bonchev–Trinajstić information content (AvgIpc) is 3.23. The summed E-state index contributed by atoms with van der Waals surface area (Å²) in [6, 6.07) is 4.82. The van der Waals surface area contributed by atoms with Gasteiger partial charge >= 0.3 is 12.1 Å². The lowest BCUT2D eigenvalue weighted by molar-refractivity contribution is -0.159. The highest BCUT2D eigenvalue weighted by atomic mass is 19.4. The number of aromatic amines is 1. The van der Waals surface area contributed by atoms with E-state index in [9.17, 15) is 22.4 Å². The van der Waals surface area contributed by atoms with Gasteiger partial charge in [0.2, 0.25) is 5.82 Å². The Morgan fingerprint density at radius 3 is 2.43 bits per heavy atom. The fourth-order valence-corrected chi connectivity index (χ4v) is 2.25. The van der Waals surface area contributed by atoms with Crippen LogP contribution in [0.25, 0.3) is 11.4 Å². The number of alkyl halides is 3. The molecule has 0 bridgehead atoms. The van der Waals surface area contributed by atoms with E-state index in [1.165, 1.54) is 6.07 Å². The van der Waals surface area contributed by atoms with E-state index in [1.54, 1.807) is 6.07 Å². The van der Waals surface area contributed by atoms with Gasteiger partial charge in [-0.1, -0.05) is 32.0 Å². The van der Waals surface area contributed by atoms with Gasteiger partial charge in [-0.25, -0.2) is 4.39 Å². The maximum atomic E-state index is 14.3. The van der Waals surface area contributed by atoms with Crippen LogP contribution in [0.4, 0.5) is 23.4 Å². The largest absolute Gasteiger partial charge is 0.471 e. The van der Waals surface area contributed by atoms with Crippen molar-refractivity contribution in [1.29, 1.82) is 0 Å². The van der Waals surface area contributed by atoms with Crippen molar-refractivity contribution in [3.05, 3.63) is 47.2 Å². The fourth-order valence-electron chi connectivity index (χ4n) is 2.25. The minimum Gasteiger partial charge on any atom is -0.329 e. The zero-order valence-electron chi connectivity index (χ0n) is 15.0. The van der Waals surface area contributed by atoms with Crippen molar-refractivity contribution >= 4 is 11.7 Å². The molecule has 3 rings (SSSR count). The SMILES string of the molecule is CC(C)(C)c1cc(NC(=O)c2ccc(-c3noc(C(F)(F)F)n3)cc2F)[nH]n1. The first-order valence-corrected chi connectivity index (χ1v) is 8.03. The number of H-pyrrole nitrogens is 1. The third kappa shape index (κ3) is 4.02. The number of benzene rings is 1. The van der Waals surface area contributed by atoms with Crippen LogP contribution in [-0.2, 0) is 11.6 Å². The van der Waals surface area contributed by atoms with Gasteiger partial charge in [-0.15, -0.1) is 0 Å². The van der Waals surface area contributed by atoms with Crippen LogP contribution < -0.4 is 5.32 Å². The molecule has 0 spiro atoms. The van der Waals surface area contributed by atoms with Crippen molar-refractivity contribution in [1.82, 2.24) is 20.3 Å². The molecule has 2 aromatic heterocycles. The Balaban J connectivity index is 1.79. The third-order valence-corrected chi connectivity index (χ3v) is 3.73. The molecule has 0 radical (unpaired) electrons. The summed E-state index contributed by atoms with van der Waals surface area (Å²) in [5.74, 6) is -3.41. The van der Waals surface area contributed by atoms with Gasteiger partial charge in [0.25, 0.3) is 5.91 Å². The van der Waals surface area contributed by atoms with Gasteiger partial charge in [0.05, 0.1) is 11.3 Å². The number of nitrogens with one attached hydrogen (secondary N) is 2. The molecular weight excluding hydrogens is 382 g/mol. The molecule has 0 saturated heterocycles. The molecule has 1 amide bonds. The standard InChI is InChI=1S/C17H15F4N5O2/c1-16(2,3)11-7-12(25-24-11)22-14(27)9-5-4-8(6-10(9)18)13-23-15(28-26-13)17(19,20)21/h4-7H,1-3H3,(H2,22,24,25,27). The summed E-state index contributed by atoms with van der Waals surface area (Å²) in [6.07, 6.45) is -4.81. The first-order valence-electron chi connectivity index (χ1n) is 8.03. The smallest absolute Gasteiger partial charge is 0.329 e. The normalized spacial score (nSPS) is 12.2. The number of hydrogen-bond acceptors (Lipinski definition) is 5. The van der Waals surface area contributed by atoms with Gasteiger partial charge in [0, 0.05) is 17.0 Å². The van der Waals surface area contributed by atoms with Crippen molar-refractivity contribution < 1.29 is 26.9 Å². The summed E-state index contributed by atoms with van der Waals surface area (Å²) in [7, 11) is 0. The number of halogens is 4. The quantitative estimate of drug-likeness (QED) is 0.647. The highest BCUT2D eigenvalue weighted by Crippen LogP contribution is 2.30. The summed E-state index contributed by atoms with van der Waals surface area (Å²) >= 11 is 0. The maximum Gasteiger partial charge on any atom is 0.471 e. The number of amides is 1. The van der Waals surface area contributed by atoms with E-state index >= 15 is 0 Å². The third-order valence-electron chi connectivity index (χ3n) is 3.73. The summed E-state index contributed by atoms with van der Waals surface area (Å²) in [4.78, 5) is 15.5. The number of nitrogens with zero attached hydrogens (tertiary/aromatic N) is 3. The molecule has 2 N–H and O–H groups in total. The van der Waals surface area contributed by atoms with E-state index in [0.717, 1.165) is 12.1 Å². The highest BCUT2D eigenvalue weighted by Gasteiger charge is 2.38. The van der Waals surface area contributed by atoms with E-state index in [1.807, 2.05) is 20.8 Å². The van der Waals surface area contributed by atoms with Gasteiger partial charge in [-0.2, -0.15) is 23.3 Å². The van der Waals surface area contributed by atoms with E-state index in [4.69, 9.17) is 0 Å². The Morgan fingerprint density at radius 2 is 1.89 bits per heavy atom. The highest BCUT2D eigenvalue weighted by molar-refractivity contribution is 6.04. The maximum absolute atomic E-state index is 14.3. The second-order valence-corrected chi connectivity index (χ2v) is 6.99. The predicted octanol–water partition coefficient (Wildman–Crippen LogP) is 4.17. The topological polar surface area (TPSA) is 96.7 Å². The van der Waals surface area contributed by atoms with Crippen LogP contribution in [0.2, 0.25) is 0 Å². The second kappa shape index (κ2) is 6.73. The van der Waals surface area contributed by atoms with Crippen LogP contribution in [0, 0.1) is 5.82 Å². The molecule has 3 aromatic rings. The van der Waals surface area contributed by atoms with Gasteiger partial charge in [-0.05, 0) is 12.1 Å². The average molecular weight is 397 g/mol. The number of rotatable bonds is 3. The number of carbonyl (C=O) groups excluding carboxylic acids is 1. The Kier molecular flexibility index (Phi) is 4.69. The molecule has 0 unspecified atom stereocenters. The molecule has 28 heavy (non-hydrogen) atoms. The Hall–Kier alpha value is -3.24. The molecule has 0 atom stereocenters. The monoisotopic (exact) mass is 397 g/mol. The van der Waals surface area contributed by atoms with Crippen molar-refractivity contribution in [3.8, 4) is 11.4 Å². The molecule has 0 aliphatic rings. The second-order valence-electron chi connectivity index (χ2n) is 6.99. The van der Waals surface area contributed by atoms with Gasteiger partial charge in [0.15, 0.2) is 0 Å². The molecule has 7 nitrogen and oxygen atoms in total. The number of aromatic nitrogens is 4. The summed E-state index contributed by atoms with van der Waals surface area (Å²) in [5.41, 5.74) is 0.0861. The van der Waals surface area contributed by atoms with E-state index in [-0.39, 0.29) is 22.4 Å². The molecule has 0 aliphatic carbocycles. The molecule has 11 heteroatoms. The van der Waals surface area contributed by atoms with E-state index in [0.29, 0.717) is 5.69 Å². The van der Waals surface area contributed by atoms with Crippen LogP contribution in [0.5, 0.6) is 0 Å². The minimum absolute atomic E-state index is 0.0649. The number of anilines is 1. The molecule has 2 heterocycles. The van der Waals surface area contributed by atoms with Crippen LogP contribution >= 0.6 is 0 Å². The lowest BCUT2D eigenvalue weighted by atomic mass is 9.92. The molecule has 1 aromatic carbocycles. The van der Waals surface area contributed by atoms with Crippen LogP contribution in [0.3, 0.4) is 0 Å². The Morgan fingerprint density at radius 1 is 1.18 bits per heavy atom. The molecule has 0 fully saturated rings. The van der Waals surface area contributed by atoms with Gasteiger partial charge in [-0.3, -0.25) is 9.89 Å². The van der Waals surface area contributed by atoms with Crippen molar-refractivity contribution in [2.75, 3.05) is 5.32 Å². The lowest BCUT2D eigenvalue weighted by Crippen LogP contribution is -2.14. The summed E-state index contributed by atoms with van der Waals surface area (Å²) < 4.78 is 56.0. The van der Waals surface area contributed by atoms with Crippen molar-refractivity contribution in [2.45, 2.75) is 32.4 Å². The first-order chi connectivity index (χ1) is 12.9. The zero-order valence-corrected chi connectivity index (χ0v) is 15.0. The van der Waals surface area contributed by atoms with Crippen LogP contribution in [0.1, 0.15) is 42.7 Å². The summed E-state index contributed by atoms with van der Waals surface area (Å²) in [6.45, 7) is 5.82.